The molecule has 0 spiro atoms. The van der Waals surface area contributed by atoms with Crippen LogP contribution in [0.3, 0.4) is 0 Å². The zero-order chi connectivity index (χ0) is 13.1. The Labute approximate surface area is 107 Å². The minimum atomic E-state index is -0.0332. The highest BCUT2D eigenvalue weighted by Crippen LogP contribution is 2.26. The van der Waals surface area contributed by atoms with Gasteiger partial charge in [-0.2, -0.15) is 5.10 Å². The van der Waals surface area contributed by atoms with E-state index < -0.39 is 0 Å². The van der Waals surface area contributed by atoms with E-state index in [-0.39, 0.29) is 12.5 Å². The van der Waals surface area contributed by atoms with Crippen LogP contribution in [0, 0.1) is 0 Å². The van der Waals surface area contributed by atoms with Crippen LogP contribution in [0.2, 0.25) is 0 Å². The summed E-state index contributed by atoms with van der Waals surface area (Å²) in [7, 11) is 2.11. The molecule has 0 radical (unpaired) electrons. The standard InChI is InChI=1S/C12H21N5O/c1-9(16(2)11-3-4-11)5-14-12(18)8-17-7-10(13)6-15-17/h6-7,9,11H,3-5,8,13H2,1-2H3,(H,14,18). The Bertz CT molecular complexity index is 412. The fourth-order valence-corrected chi connectivity index (χ4v) is 1.92. The molecular formula is C12H21N5O. The number of hydrogen-bond acceptors (Lipinski definition) is 4. The van der Waals surface area contributed by atoms with E-state index in [0.29, 0.717) is 24.3 Å². The lowest BCUT2D eigenvalue weighted by Gasteiger charge is -2.24. The van der Waals surface area contributed by atoms with Gasteiger partial charge in [0.15, 0.2) is 0 Å². The highest BCUT2D eigenvalue weighted by molar-refractivity contribution is 5.75. The molecule has 1 saturated carbocycles. The Balaban J connectivity index is 1.70. The molecule has 0 aliphatic heterocycles. The van der Waals surface area contributed by atoms with Gasteiger partial charge in [0.2, 0.25) is 5.91 Å². The number of hydrogen-bond donors (Lipinski definition) is 2. The van der Waals surface area contributed by atoms with Crippen LogP contribution in [0.4, 0.5) is 5.69 Å². The normalized spacial score (nSPS) is 16.8. The van der Waals surface area contributed by atoms with Crippen molar-refractivity contribution in [3.05, 3.63) is 12.4 Å². The van der Waals surface area contributed by atoms with Crippen LogP contribution < -0.4 is 11.1 Å². The molecule has 1 aliphatic rings. The minimum Gasteiger partial charge on any atom is -0.396 e. The number of nitrogens with one attached hydrogen (secondary N) is 1. The van der Waals surface area contributed by atoms with E-state index in [1.165, 1.54) is 19.0 Å². The summed E-state index contributed by atoms with van der Waals surface area (Å²) < 4.78 is 1.54. The van der Waals surface area contributed by atoms with Crippen LogP contribution in [0.1, 0.15) is 19.8 Å². The average Bonchev–Trinajstić information content (AvgIpc) is 3.10. The third kappa shape index (κ3) is 3.46. The molecular weight excluding hydrogens is 230 g/mol. The maximum Gasteiger partial charge on any atom is 0.241 e. The van der Waals surface area contributed by atoms with Crippen molar-refractivity contribution in [2.45, 2.75) is 38.4 Å². The minimum absolute atomic E-state index is 0.0332. The molecule has 18 heavy (non-hydrogen) atoms. The monoisotopic (exact) mass is 251 g/mol. The number of aromatic nitrogens is 2. The van der Waals surface area contributed by atoms with Gasteiger partial charge in [-0.05, 0) is 26.8 Å². The Kier molecular flexibility index (Phi) is 3.86. The number of carbonyl (C=O) groups excluding carboxylic acids is 1. The third-order valence-electron chi connectivity index (χ3n) is 3.37. The second-order valence-corrected chi connectivity index (χ2v) is 5.02. The summed E-state index contributed by atoms with van der Waals surface area (Å²) in [5, 5.41) is 6.90. The van der Waals surface area contributed by atoms with Gasteiger partial charge in [0.1, 0.15) is 6.54 Å². The first-order valence-corrected chi connectivity index (χ1v) is 6.33. The van der Waals surface area contributed by atoms with Crippen molar-refractivity contribution >= 4 is 11.6 Å². The van der Waals surface area contributed by atoms with Crippen LogP contribution in [-0.4, -0.2) is 46.3 Å². The maximum absolute atomic E-state index is 11.7. The van der Waals surface area contributed by atoms with Crippen molar-refractivity contribution in [3.8, 4) is 0 Å². The molecule has 3 N–H and O–H groups in total. The predicted octanol–water partition coefficient (Wildman–Crippen LogP) is 0.0642. The van der Waals surface area contributed by atoms with E-state index >= 15 is 0 Å². The summed E-state index contributed by atoms with van der Waals surface area (Å²) in [6, 6.07) is 1.08. The number of amides is 1. The summed E-state index contributed by atoms with van der Waals surface area (Å²) in [6.45, 7) is 3.02. The van der Waals surface area contributed by atoms with Crippen LogP contribution in [0.15, 0.2) is 12.4 Å². The second-order valence-electron chi connectivity index (χ2n) is 5.02. The number of nitrogens with zero attached hydrogens (tertiary/aromatic N) is 3. The van der Waals surface area contributed by atoms with Crippen molar-refractivity contribution in [1.29, 1.82) is 0 Å². The molecule has 1 heterocycles. The van der Waals surface area contributed by atoms with Crippen LogP contribution >= 0.6 is 0 Å². The lowest BCUT2D eigenvalue weighted by Crippen LogP contribution is -2.42. The number of carbonyl (C=O) groups is 1. The molecule has 0 aromatic carbocycles. The quantitative estimate of drug-likeness (QED) is 0.750. The Morgan fingerprint density at radius 3 is 3.00 bits per heavy atom. The van der Waals surface area contributed by atoms with Crippen LogP contribution in [0.5, 0.6) is 0 Å². The summed E-state index contributed by atoms with van der Waals surface area (Å²) in [5.74, 6) is -0.0332. The van der Waals surface area contributed by atoms with Gasteiger partial charge >= 0.3 is 0 Å². The van der Waals surface area contributed by atoms with Gasteiger partial charge in [0.25, 0.3) is 0 Å². The fraction of sp³-hybridized carbons (Fsp3) is 0.667. The molecule has 2 rings (SSSR count). The summed E-state index contributed by atoms with van der Waals surface area (Å²) in [6.07, 6.45) is 5.75. The number of likely N-dealkylation sites (N-methyl/N-ethyl adjacent to an activating group) is 1. The number of nitrogens with two attached hydrogens (primary N) is 1. The number of nitrogen functional groups attached to an aromatic ring is 1. The van der Waals surface area contributed by atoms with E-state index in [0.717, 1.165) is 0 Å². The van der Waals surface area contributed by atoms with E-state index in [1.807, 2.05) is 0 Å². The SMILES string of the molecule is CC(CNC(=O)Cn1cc(N)cn1)N(C)C1CC1. The molecule has 1 fully saturated rings. The predicted molar refractivity (Wildman–Crippen MR) is 69.9 cm³/mol. The second kappa shape index (κ2) is 5.39. The molecule has 100 valence electrons. The number of anilines is 1. The molecule has 1 atom stereocenters. The highest BCUT2D eigenvalue weighted by atomic mass is 16.2. The Morgan fingerprint density at radius 2 is 2.44 bits per heavy atom. The van der Waals surface area contributed by atoms with E-state index in [9.17, 15) is 4.79 Å². The van der Waals surface area contributed by atoms with Gasteiger partial charge in [-0.25, -0.2) is 0 Å². The molecule has 1 aliphatic carbocycles. The van der Waals surface area contributed by atoms with Crippen LogP contribution in [-0.2, 0) is 11.3 Å². The lowest BCUT2D eigenvalue weighted by molar-refractivity contribution is -0.122. The van der Waals surface area contributed by atoms with Crippen molar-refractivity contribution in [3.63, 3.8) is 0 Å². The van der Waals surface area contributed by atoms with Gasteiger partial charge in [0.05, 0.1) is 11.9 Å². The Morgan fingerprint density at radius 1 is 1.72 bits per heavy atom. The fourth-order valence-electron chi connectivity index (χ4n) is 1.92. The smallest absolute Gasteiger partial charge is 0.241 e. The topological polar surface area (TPSA) is 76.2 Å². The summed E-state index contributed by atoms with van der Waals surface area (Å²) in [4.78, 5) is 14.0. The van der Waals surface area contributed by atoms with Crippen LogP contribution in [0.25, 0.3) is 0 Å². The zero-order valence-corrected chi connectivity index (χ0v) is 11.0. The van der Waals surface area contributed by atoms with Crippen molar-refractivity contribution < 1.29 is 4.79 Å². The van der Waals surface area contributed by atoms with Gasteiger partial charge in [-0.1, -0.05) is 0 Å². The first-order chi connectivity index (χ1) is 8.56. The first kappa shape index (κ1) is 12.9. The van der Waals surface area contributed by atoms with Gasteiger partial charge in [-0.15, -0.1) is 0 Å². The van der Waals surface area contributed by atoms with Gasteiger partial charge < -0.3 is 11.1 Å². The molecule has 6 heteroatoms. The zero-order valence-electron chi connectivity index (χ0n) is 11.0. The molecule has 1 aromatic heterocycles. The third-order valence-corrected chi connectivity index (χ3v) is 3.37. The van der Waals surface area contributed by atoms with Crippen molar-refractivity contribution in [1.82, 2.24) is 20.0 Å². The number of rotatable bonds is 6. The summed E-state index contributed by atoms with van der Waals surface area (Å²) >= 11 is 0. The maximum atomic E-state index is 11.7. The van der Waals surface area contributed by atoms with E-state index in [1.54, 1.807) is 10.9 Å². The Hall–Kier alpha value is -1.56. The summed E-state index contributed by atoms with van der Waals surface area (Å²) in [5.41, 5.74) is 6.11. The van der Waals surface area contributed by atoms with Crippen molar-refractivity contribution in [2.75, 3.05) is 19.3 Å². The van der Waals surface area contributed by atoms with E-state index in [2.05, 4.69) is 29.3 Å². The highest BCUT2D eigenvalue weighted by Gasteiger charge is 2.29. The largest absolute Gasteiger partial charge is 0.396 e. The van der Waals surface area contributed by atoms with Gasteiger partial charge in [0, 0.05) is 24.8 Å². The van der Waals surface area contributed by atoms with Gasteiger partial charge in [-0.3, -0.25) is 14.4 Å². The molecule has 1 amide bonds. The molecule has 1 aromatic rings. The molecule has 1 unspecified atom stereocenters. The molecule has 6 nitrogen and oxygen atoms in total. The van der Waals surface area contributed by atoms with E-state index in [4.69, 9.17) is 5.73 Å². The molecule has 0 saturated heterocycles. The first-order valence-electron chi connectivity index (χ1n) is 6.33. The average molecular weight is 251 g/mol. The van der Waals surface area contributed by atoms with Crippen molar-refractivity contribution in [2.24, 2.45) is 0 Å². The lowest BCUT2D eigenvalue weighted by atomic mass is 10.3. The molecule has 0 bridgehead atoms.